The third-order valence-corrected chi connectivity index (χ3v) is 1.89. The summed E-state index contributed by atoms with van der Waals surface area (Å²) >= 11 is 0. The smallest absolute Gasteiger partial charge is 0.126 e. The number of aliphatic hydroxyl groups is 1. The molecule has 0 amide bonds. The van der Waals surface area contributed by atoms with Gasteiger partial charge in [-0.1, -0.05) is 0 Å². The first-order valence-corrected chi connectivity index (χ1v) is 3.93. The maximum Gasteiger partial charge on any atom is 0.126 e. The van der Waals surface area contributed by atoms with Crippen LogP contribution in [0.25, 0.3) is 0 Å². The molecule has 0 saturated heterocycles. The standard InChI is InChI=1S/C9H12FNO2/c1-5-2-8(12)6(3-7(5)10)9(13)4-11/h2-3,9,12-13H,4,11H2,1H3. The molecule has 0 aromatic heterocycles. The van der Waals surface area contributed by atoms with Crippen molar-refractivity contribution in [3.63, 3.8) is 0 Å². The van der Waals surface area contributed by atoms with E-state index in [1.165, 1.54) is 13.0 Å². The van der Waals surface area contributed by atoms with Crippen LogP contribution in [0.3, 0.4) is 0 Å². The second kappa shape index (κ2) is 3.72. The Morgan fingerprint density at radius 3 is 2.69 bits per heavy atom. The maximum absolute atomic E-state index is 13.0. The number of hydrogen-bond donors (Lipinski definition) is 3. The zero-order valence-corrected chi connectivity index (χ0v) is 7.29. The van der Waals surface area contributed by atoms with Crippen molar-refractivity contribution in [2.45, 2.75) is 13.0 Å². The van der Waals surface area contributed by atoms with Gasteiger partial charge in [-0.2, -0.15) is 0 Å². The minimum absolute atomic E-state index is 0.0456. The number of aliphatic hydroxyl groups excluding tert-OH is 1. The summed E-state index contributed by atoms with van der Waals surface area (Å²) in [6.07, 6.45) is -1.02. The number of hydrogen-bond acceptors (Lipinski definition) is 3. The van der Waals surface area contributed by atoms with Crippen molar-refractivity contribution < 1.29 is 14.6 Å². The van der Waals surface area contributed by atoms with E-state index in [0.717, 1.165) is 6.07 Å². The number of halogens is 1. The Bertz CT molecular complexity index is 315. The third-order valence-electron chi connectivity index (χ3n) is 1.89. The van der Waals surface area contributed by atoms with Gasteiger partial charge in [-0.15, -0.1) is 0 Å². The molecule has 0 radical (unpaired) electrons. The van der Waals surface area contributed by atoms with Crippen LogP contribution in [0.2, 0.25) is 0 Å². The molecule has 0 aliphatic heterocycles. The number of aromatic hydroxyl groups is 1. The minimum atomic E-state index is -1.02. The predicted octanol–water partition coefficient (Wildman–Crippen LogP) is 0.832. The molecular weight excluding hydrogens is 173 g/mol. The van der Waals surface area contributed by atoms with E-state index in [0.29, 0.717) is 5.56 Å². The normalized spacial score (nSPS) is 12.9. The molecular formula is C9H12FNO2. The molecule has 1 atom stereocenters. The van der Waals surface area contributed by atoms with Gasteiger partial charge in [0.1, 0.15) is 11.6 Å². The highest BCUT2D eigenvalue weighted by Gasteiger charge is 2.12. The molecule has 4 N–H and O–H groups in total. The van der Waals surface area contributed by atoms with Gasteiger partial charge in [0.15, 0.2) is 0 Å². The lowest BCUT2D eigenvalue weighted by atomic mass is 10.1. The first kappa shape index (κ1) is 9.95. The van der Waals surface area contributed by atoms with Crippen LogP contribution < -0.4 is 5.73 Å². The number of phenolic OH excluding ortho intramolecular Hbond substituents is 1. The van der Waals surface area contributed by atoms with Crippen molar-refractivity contribution in [3.8, 4) is 5.75 Å². The zero-order valence-electron chi connectivity index (χ0n) is 7.29. The van der Waals surface area contributed by atoms with E-state index >= 15 is 0 Å². The van der Waals surface area contributed by atoms with Crippen LogP contribution in [0, 0.1) is 12.7 Å². The Morgan fingerprint density at radius 1 is 1.54 bits per heavy atom. The van der Waals surface area contributed by atoms with E-state index in [2.05, 4.69) is 0 Å². The van der Waals surface area contributed by atoms with Crippen LogP contribution in [0.5, 0.6) is 5.75 Å². The summed E-state index contributed by atoms with van der Waals surface area (Å²) in [4.78, 5) is 0. The van der Waals surface area contributed by atoms with E-state index in [1.54, 1.807) is 0 Å². The van der Waals surface area contributed by atoms with Crippen molar-refractivity contribution in [1.29, 1.82) is 0 Å². The second-order valence-corrected chi connectivity index (χ2v) is 2.91. The van der Waals surface area contributed by atoms with Gasteiger partial charge in [-0.05, 0) is 24.6 Å². The summed E-state index contributed by atoms with van der Waals surface area (Å²) in [5.41, 5.74) is 5.65. The molecule has 1 aromatic rings. The van der Waals surface area contributed by atoms with E-state index in [9.17, 15) is 14.6 Å². The topological polar surface area (TPSA) is 66.5 Å². The Hall–Kier alpha value is -1.13. The molecule has 0 aliphatic rings. The molecule has 0 bridgehead atoms. The lowest BCUT2D eigenvalue weighted by molar-refractivity contribution is 0.182. The van der Waals surface area contributed by atoms with Gasteiger partial charge in [0.05, 0.1) is 6.10 Å². The van der Waals surface area contributed by atoms with Gasteiger partial charge >= 0.3 is 0 Å². The number of rotatable bonds is 2. The second-order valence-electron chi connectivity index (χ2n) is 2.91. The van der Waals surface area contributed by atoms with Gasteiger partial charge in [-0.25, -0.2) is 4.39 Å². The highest BCUT2D eigenvalue weighted by atomic mass is 19.1. The monoisotopic (exact) mass is 185 g/mol. The van der Waals surface area contributed by atoms with Gasteiger partial charge in [0, 0.05) is 12.1 Å². The molecule has 4 heteroatoms. The van der Waals surface area contributed by atoms with Crippen LogP contribution in [0.4, 0.5) is 4.39 Å². The molecule has 3 nitrogen and oxygen atoms in total. The van der Waals surface area contributed by atoms with E-state index in [1.807, 2.05) is 0 Å². The van der Waals surface area contributed by atoms with Crippen LogP contribution in [-0.4, -0.2) is 16.8 Å². The third kappa shape index (κ3) is 1.96. The molecule has 0 spiro atoms. The predicted molar refractivity (Wildman–Crippen MR) is 46.8 cm³/mol. The maximum atomic E-state index is 13.0. The number of phenols is 1. The number of nitrogens with two attached hydrogens (primary N) is 1. The molecule has 0 fully saturated rings. The van der Waals surface area contributed by atoms with Crippen molar-refractivity contribution >= 4 is 0 Å². The highest BCUT2D eigenvalue weighted by Crippen LogP contribution is 2.26. The lowest BCUT2D eigenvalue weighted by Gasteiger charge is -2.11. The number of aryl methyl sites for hydroxylation is 1. The first-order valence-electron chi connectivity index (χ1n) is 3.93. The van der Waals surface area contributed by atoms with Gasteiger partial charge in [0.25, 0.3) is 0 Å². The van der Waals surface area contributed by atoms with E-state index < -0.39 is 11.9 Å². The van der Waals surface area contributed by atoms with Crippen molar-refractivity contribution in [1.82, 2.24) is 0 Å². The minimum Gasteiger partial charge on any atom is -0.508 e. The SMILES string of the molecule is Cc1cc(O)c(C(O)CN)cc1F. The largest absolute Gasteiger partial charge is 0.508 e. The first-order chi connectivity index (χ1) is 6.06. The van der Waals surface area contributed by atoms with Crippen LogP contribution in [-0.2, 0) is 0 Å². The van der Waals surface area contributed by atoms with Gasteiger partial charge < -0.3 is 15.9 Å². The van der Waals surface area contributed by atoms with Crippen molar-refractivity contribution in [2.24, 2.45) is 5.73 Å². The zero-order chi connectivity index (χ0) is 10.0. The average molecular weight is 185 g/mol. The van der Waals surface area contributed by atoms with Gasteiger partial charge in [-0.3, -0.25) is 0 Å². The Labute approximate surface area is 75.6 Å². The van der Waals surface area contributed by atoms with Crippen LogP contribution in [0.1, 0.15) is 17.2 Å². The van der Waals surface area contributed by atoms with Crippen LogP contribution in [0.15, 0.2) is 12.1 Å². The quantitative estimate of drug-likeness (QED) is 0.639. The summed E-state index contributed by atoms with van der Waals surface area (Å²) in [5, 5.41) is 18.6. The highest BCUT2D eigenvalue weighted by molar-refractivity contribution is 5.38. The average Bonchev–Trinajstić information content (AvgIpc) is 2.10. The molecule has 13 heavy (non-hydrogen) atoms. The fraction of sp³-hybridized carbons (Fsp3) is 0.333. The fourth-order valence-corrected chi connectivity index (χ4v) is 1.08. The number of benzene rings is 1. The summed E-state index contributed by atoms with van der Waals surface area (Å²) < 4.78 is 13.0. The fourth-order valence-electron chi connectivity index (χ4n) is 1.08. The molecule has 0 saturated carbocycles. The van der Waals surface area contributed by atoms with Crippen LogP contribution >= 0.6 is 0 Å². The Kier molecular flexibility index (Phi) is 2.85. The molecule has 0 aliphatic carbocycles. The molecule has 1 rings (SSSR count). The van der Waals surface area contributed by atoms with Gasteiger partial charge in [0.2, 0.25) is 0 Å². The summed E-state index contributed by atoms with van der Waals surface area (Å²) in [6, 6.07) is 2.37. The van der Waals surface area contributed by atoms with Crippen molar-refractivity contribution in [3.05, 3.63) is 29.1 Å². The Morgan fingerprint density at radius 2 is 2.15 bits per heavy atom. The van der Waals surface area contributed by atoms with E-state index in [4.69, 9.17) is 5.73 Å². The molecule has 1 unspecified atom stereocenters. The summed E-state index contributed by atoms with van der Waals surface area (Å²) in [6.45, 7) is 1.49. The molecule has 72 valence electrons. The van der Waals surface area contributed by atoms with Crippen molar-refractivity contribution in [2.75, 3.05) is 6.54 Å². The molecule has 1 aromatic carbocycles. The summed E-state index contributed by atoms with van der Waals surface area (Å²) in [7, 11) is 0. The van der Waals surface area contributed by atoms with E-state index in [-0.39, 0.29) is 17.9 Å². The lowest BCUT2D eigenvalue weighted by Crippen LogP contribution is -2.12. The molecule has 0 heterocycles. The Balaban J connectivity index is 3.15. The summed E-state index contributed by atoms with van der Waals surface area (Å²) in [5.74, 6) is -0.586.